The van der Waals surface area contributed by atoms with Crippen LogP contribution in [0.1, 0.15) is 11.3 Å². The maximum atomic E-state index is 5.80. The summed E-state index contributed by atoms with van der Waals surface area (Å²) in [4.78, 5) is 7.18. The van der Waals surface area contributed by atoms with Gasteiger partial charge in [-0.2, -0.15) is 11.8 Å². The third-order valence-electron chi connectivity index (χ3n) is 2.15. The zero-order valence-electron chi connectivity index (χ0n) is 7.17. The lowest BCUT2D eigenvalue weighted by atomic mass is 10.1. The van der Waals surface area contributed by atoms with Crippen molar-refractivity contribution >= 4 is 29.8 Å². The number of rotatable bonds is 0. The molecule has 0 fully saturated rings. The highest BCUT2D eigenvalue weighted by atomic mass is 32.2. The van der Waals surface area contributed by atoms with E-state index in [-0.39, 0.29) is 0 Å². The molecule has 0 unspecified atom stereocenters. The number of nitrogens with two attached hydrogens (primary N) is 1. The Morgan fingerprint density at radius 1 is 1.38 bits per heavy atom. The van der Waals surface area contributed by atoms with Gasteiger partial charge in [0.1, 0.15) is 5.82 Å². The van der Waals surface area contributed by atoms with Gasteiger partial charge in [0.2, 0.25) is 0 Å². The predicted molar refractivity (Wildman–Crippen MR) is 58.6 cm³/mol. The van der Waals surface area contributed by atoms with Gasteiger partial charge in [0.15, 0.2) is 4.77 Å². The predicted octanol–water partition coefficient (Wildman–Crippen LogP) is 1.55. The maximum absolute atomic E-state index is 5.80. The number of anilines is 1. The molecule has 70 valence electrons. The van der Waals surface area contributed by atoms with Gasteiger partial charge in [-0.15, -0.1) is 0 Å². The standard InChI is InChI=1S/C8H11N3S2/c9-7-5-1-3-13-4-2-6(5)10-8(12)11-7/h1-4H2,(H3,9,10,11,12). The third-order valence-corrected chi connectivity index (χ3v) is 3.33. The number of aromatic amines is 1. The van der Waals surface area contributed by atoms with E-state index in [9.17, 15) is 0 Å². The topological polar surface area (TPSA) is 54.7 Å². The summed E-state index contributed by atoms with van der Waals surface area (Å²) in [7, 11) is 0. The van der Waals surface area contributed by atoms with E-state index in [1.54, 1.807) is 0 Å². The molecule has 2 heterocycles. The number of fused-ring (bicyclic) bond motifs is 1. The molecule has 0 atom stereocenters. The van der Waals surface area contributed by atoms with Crippen molar-refractivity contribution in [1.29, 1.82) is 0 Å². The van der Waals surface area contributed by atoms with Gasteiger partial charge in [0.05, 0.1) is 0 Å². The van der Waals surface area contributed by atoms with Crippen molar-refractivity contribution in [3.05, 3.63) is 16.0 Å². The van der Waals surface area contributed by atoms with Gasteiger partial charge < -0.3 is 10.7 Å². The summed E-state index contributed by atoms with van der Waals surface area (Å²) in [6.07, 6.45) is 2.03. The van der Waals surface area contributed by atoms with Gasteiger partial charge in [-0.3, -0.25) is 0 Å². The van der Waals surface area contributed by atoms with Crippen molar-refractivity contribution in [2.45, 2.75) is 12.8 Å². The number of aryl methyl sites for hydroxylation is 1. The molecule has 0 saturated heterocycles. The molecule has 0 spiro atoms. The first kappa shape index (κ1) is 9.02. The molecule has 0 radical (unpaired) electrons. The number of hydrogen-bond donors (Lipinski definition) is 2. The van der Waals surface area contributed by atoms with Crippen LogP contribution in [0.2, 0.25) is 0 Å². The first-order chi connectivity index (χ1) is 6.27. The second-order valence-corrected chi connectivity index (χ2v) is 4.61. The van der Waals surface area contributed by atoms with E-state index in [1.807, 2.05) is 11.8 Å². The first-order valence-corrected chi connectivity index (χ1v) is 5.79. The molecule has 2 rings (SSSR count). The van der Waals surface area contributed by atoms with E-state index in [2.05, 4.69) is 9.97 Å². The highest BCUT2D eigenvalue weighted by Gasteiger charge is 2.11. The summed E-state index contributed by atoms with van der Waals surface area (Å²) < 4.78 is 0.503. The number of H-pyrrole nitrogens is 1. The molecule has 13 heavy (non-hydrogen) atoms. The third kappa shape index (κ3) is 1.86. The molecule has 1 aromatic heterocycles. The summed E-state index contributed by atoms with van der Waals surface area (Å²) in [6.45, 7) is 0. The average Bonchev–Trinajstić information content (AvgIpc) is 2.28. The van der Waals surface area contributed by atoms with Gasteiger partial charge in [-0.25, -0.2) is 4.98 Å². The monoisotopic (exact) mass is 213 g/mol. The number of nitrogens with zero attached hydrogens (tertiary/aromatic N) is 1. The van der Waals surface area contributed by atoms with Gasteiger partial charge in [0.25, 0.3) is 0 Å². The molecule has 0 aliphatic carbocycles. The van der Waals surface area contributed by atoms with Crippen molar-refractivity contribution in [3.63, 3.8) is 0 Å². The normalized spacial score (nSPS) is 16.3. The van der Waals surface area contributed by atoms with Crippen LogP contribution in [0.4, 0.5) is 5.82 Å². The number of nitrogen functional groups attached to an aromatic ring is 1. The highest BCUT2D eigenvalue weighted by molar-refractivity contribution is 7.99. The van der Waals surface area contributed by atoms with Crippen LogP contribution in [-0.2, 0) is 12.8 Å². The molecule has 3 nitrogen and oxygen atoms in total. The van der Waals surface area contributed by atoms with Gasteiger partial charge >= 0.3 is 0 Å². The quantitative estimate of drug-likeness (QED) is 0.642. The Labute approximate surface area is 86.1 Å². The second kappa shape index (κ2) is 3.67. The Balaban J connectivity index is 2.53. The molecule has 1 aliphatic heterocycles. The Morgan fingerprint density at radius 2 is 2.15 bits per heavy atom. The summed E-state index contributed by atoms with van der Waals surface area (Å²) in [5.41, 5.74) is 8.15. The molecule has 1 aromatic rings. The summed E-state index contributed by atoms with van der Waals surface area (Å²) in [6, 6.07) is 0. The summed E-state index contributed by atoms with van der Waals surface area (Å²) in [5.74, 6) is 2.88. The molecule has 0 amide bonds. The Kier molecular flexibility index (Phi) is 2.55. The van der Waals surface area contributed by atoms with Crippen LogP contribution in [0.15, 0.2) is 0 Å². The lowest BCUT2D eigenvalue weighted by Gasteiger charge is -2.06. The first-order valence-electron chi connectivity index (χ1n) is 4.22. The zero-order chi connectivity index (χ0) is 9.26. The van der Waals surface area contributed by atoms with E-state index >= 15 is 0 Å². The minimum atomic E-state index is 0.503. The molecule has 5 heteroatoms. The molecular weight excluding hydrogens is 202 g/mol. The van der Waals surface area contributed by atoms with Crippen molar-refractivity contribution < 1.29 is 0 Å². The Morgan fingerprint density at radius 3 is 3.00 bits per heavy atom. The minimum absolute atomic E-state index is 0.503. The molecule has 1 aliphatic rings. The highest BCUT2D eigenvalue weighted by Crippen LogP contribution is 2.21. The SMILES string of the molecule is Nc1nc(=S)[nH]c2c1CCSCC2. The fourth-order valence-corrected chi connectivity index (χ4v) is 2.63. The molecule has 0 bridgehead atoms. The van der Waals surface area contributed by atoms with Gasteiger partial charge in [-0.1, -0.05) is 0 Å². The summed E-state index contributed by atoms with van der Waals surface area (Å²) in [5, 5.41) is 0. The van der Waals surface area contributed by atoms with Crippen molar-refractivity contribution in [2.75, 3.05) is 17.2 Å². The van der Waals surface area contributed by atoms with Crippen molar-refractivity contribution in [1.82, 2.24) is 9.97 Å². The Hall–Kier alpha value is -0.550. The zero-order valence-corrected chi connectivity index (χ0v) is 8.80. The van der Waals surface area contributed by atoms with Crippen LogP contribution in [0.25, 0.3) is 0 Å². The van der Waals surface area contributed by atoms with Crippen LogP contribution < -0.4 is 5.73 Å². The van der Waals surface area contributed by atoms with Crippen LogP contribution >= 0.6 is 24.0 Å². The van der Waals surface area contributed by atoms with Crippen LogP contribution in [0.3, 0.4) is 0 Å². The number of aromatic nitrogens is 2. The van der Waals surface area contributed by atoms with E-state index in [0.29, 0.717) is 10.6 Å². The largest absolute Gasteiger partial charge is 0.383 e. The fourth-order valence-electron chi connectivity index (χ4n) is 1.51. The van der Waals surface area contributed by atoms with E-state index < -0.39 is 0 Å². The lowest BCUT2D eigenvalue weighted by Crippen LogP contribution is -2.05. The fraction of sp³-hybridized carbons (Fsp3) is 0.500. The lowest BCUT2D eigenvalue weighted by molar-refractivity contribution is 0.950. The Bertz CT molecular complexity index is 372. The molecular formula is C8H11N3S2. The molecule has 3 N–H and O–H groups in total. The maximum Gasteiger partial charge on any atom is 0.198 e. The van der Waals surface area contributed by atoms with E-state index in [4.69, 9.17) is 18.0 Å². The minimum Gasteiger partial charge on any atom is -0.383 e. The average molecular weight is 213 g/mol. The molecule has 0 aromatic carbocycles. The van der Waals surface area contributed by atoms with E-state index in [1.165, 1.54) is 11.3 Å². The van der Waals surface area contributed by atoms with E-state index in [0.717, 1.165) is 24.3 Å². The van der Waals surface area contributed by atoms with Crippen molar-refractivity contribution in [3.8, 4) is 0 Å². The van der Waals surface area contributed by atoms with Crippen LogP contribution in [-0.4, -0.2) is 21.5 Å². The van der Waals surface area contributed by atoms with Crippen LogP contribution in [0, 0.1) is 4.77 Å². The number of hydrogen-bond acceptors (Lipinski definition) is 4. The second-order valence-electron chi connectivity index (χ2n) is 3.00. The number of thioether (sulfide) groups is 1. The van der Waals surface area contributed by atoms with Crippen molar-refractivity contribution in [2.24, 2.45) is 0 Å². The van der Waals surface area contributed by atoms with Gasteiger partial charge in [0, 0.05) is 11.3 Å². The summed E-state index contributed by atoms with van der Waals surface area (Å²) >= 11 is 6.93. The smallest absolute Gasteiger partial charge is 0.198 e. The number of nitrogens with one attached hydrogen (secondary N) is 1. The van der Waals surface area contributed by atoms with Crippen LogP contribution in [0.5, 0.6) is 0 Å². The molecule has 0 saturated carbocycles. The van der Waals surface area contributed by atoms with Gasteiger partial charge in [-0.05, 0) is 36.6 Å².